The van der Waals surface area contributed by atoms with Crippen LogP contribution in [0.1, 0.15) is 22.3 Å². The Balaban J connectivity index is 1.43. The molecule has 0 N–H and O–H groups in total. The number of carbonyl (C=O) groups excluding carboxylic acids is 4. The predicted molar refractivity (Wildman–Crippen MR) is 202 cm³/mol. The molecule has 1 fully saturated rings. The van der Waals surface area contributed by atoms with Crippen LogP contribution in [-0.2, 0) is 45.4 Å². The van der Waals surface area contributed by atoms with Crippen LogP contribution in [0.4, 0.5) is 0 Å². The predicted octanol–water partition coefficient (Wildman–Crippen LogP) is 3.98. The molecule has 1 aliphatic rings. The minimum absolute atomic E-state index is 0.0335. The summed E-state index contributed by atoms with van der Waals surface area (Å²) in [4.78, 5) is 66.4. The maximum absolute atomic E-state index is 14.0. The monoisotopic (exact) mass is 702 g/mol. The van der Waals surface area contributed by atoms with Crippen LogP contribution in [0.25, 0.3) is 0 Å². The van der Waals surface area contributed by atoms with Crippen LogP contribution in [0.2, 0.25) is 0 Å². The Morgan fingerprint density at radius 1 is 0.346 bits per heavy atom. The van der Waals surface area contributed by atoms with Crippen molar-refractivity contribution in [1.29, 1.82) is 0 Å². The first-order chi connectivity index (χ1) is 25.2. The van der Waals surface area contributed by atoms with Gasteiger partial charge in [-0.1, -0.05) is 121 Å². The summed E-state index contributed by atoms with van der Waals surface area (Å²) in [6.45, 7) is 2.87. The molecule has 0 unspecified atom stereocenters. The molecule has 10 nitrogen and oxygen atoms in total. The fourth-order valence-electron chi connectivity index (χ4n) is 6.30. The van der Waals surface area contributed by atoms with E-state index in [0.29, 0.717) is 52.4 Å². The molecule has 5 rings (SSSR count). The smallest absolute Gasteiger partial charge is 0.237 e. The molecule has 1 heterocycles. The number of likely N-dealkylation sites (N-methyl/N-ethyl adjacent to an activating group) is 2. The Kier molecular flexibility index (Phi) is 14.1. The Morgan fingerprint density at radius 2 is 0.538 bits per heavy atom. The molecule has 0 spiro atoms. The third kappa shape index (κ3) is 11.9. The van der Waals surface area contributed by atoms with Crippen molar-refractivity contribution in [1.82, 2.24) is 29.4 Å². The molecular weight excluding hydrogens is 652 g/mol. The molecule has 0 radical (unpaired) electrons. The van der Waals surface area contributed by atoms with Gasteiger partial charge in [0.2, 0.25) is 23.6 Å². The van der Waals surface area contributed by atoms with Crippen molar-refractivity contribution in [2.24, 2.45) is 0 Å². The fourth-order valence-corrected chi connectivity index (χ4v) is 6.30. The maximum Gasteiger partial charge on any atom is 0.237 e. The highest BCUT2D eigenvalue weighted by molar-refractivity contribution is 5.83. The van der Waals surface area contributed by atoms with E-state index in [2.05, 4.69) is 0 Å². The SMILES string of the molecule is CN1CC(=O)N(Cc2ccccc2)CCN(Cc2ccccc2)C(=O)CN(C)CC(=O)N(Cc2ccccc2)CCN(Cc2ccccc2)C(=O)C1. The Morgan fingerprint density at radius 3 is 0.731 bits per heavy atom. The van der Waals surface area contributed by atoms with Gasteiger partial charge in [-0.15, -0.1) is 0 Å². The van der Waals surface area contributed by atoms with Gasteiger partial charge in [0.1, 0.15) is 0 Å². The van der Waals surface area contributed by atoms with E-state index in [1.54, 1.807) is 43.5 Å². The summed E-state index contributed by atoms with van der Waals surface area (Å²) >= 11 is 0. The van der Waals surface area contributed by atoms with Crippen molar-refractivity contribution < 1.29 is 19.2 Å². The molecule has 4 aromatic carbocycles. The lowest BCUT2D eigenvalue weighted by Gasteiger charge is -2.33. The highest BCUT2D eigenvalue weighted by atomic mass is 16.2. The minimum Gasteiger partial charge on any atom is -0.335 e. The molecule has 1 aliphatic heterocycles. The Hall–Kier alpha value is -5.32. The summed E-state index contributed by atoms with van der Waals surface area (Å²) in [6, 6.07) is 39.1. The molecule has 4 amide bonds. The molecule has 0 bridgehead atoms. The molecule has 4 aromatic rings. The first kappa shape index (κ1) is 37.9. The molecule has 0 aliphatic carbocycles. The van der Waals surface area contributed by atoms with E-state index in [9.17, 15) is 19.2 Å². The quantitative estimate of drug-likeness (QED) is 0.276. The van der Waals surface area contributed by atoms with E-state index in [0.717, 1.165) is 22.3 Å². The van der Waals surface area contributed by atoms with Crippen molar-refractivity contribution in [2.45, 2.75) is 26.2 Å². The van der Waals surface area contributed by atoms with Gasteiger partial charge in [0, 0.05) is 52.4 Å². The van der Waals surface area contributed by atoms with Gasteiger partial charge in [0.25, 0.3) is 0 Å². The molecule has 1 saturated heterocycles. The highest BCUT2D eigenvalue weighted by Gasteiger charge is 2.26. The van der Waals surface area contributed by atoms with E-state index < -0.39 is 0 Å². The second-order valence-corrected chi connectivity index (χ2v) is 13.5. The average Bonchev–Trinajstić information content (AvgIpc) is 3.14. The number of hydrogen-bond donors (Lipinski definition) is 0. The van der Waals surface area contributed by atoms with Crippen LogP contribution in [0.5, 0.6) is 0 Å². The van der Waals surface area contributed by atoms with Gasteiger partial charge in [-0.3, -0.25) is 29.0 Å². The molecule has 0 atom stereocenters. The van der Waals surface area contributed by atoms with E-state index in [1.807, 2.05) is 121 Å². The van der Waals surface area contributed by atoms with Gasteiger partial charge in [-0.2, -0.15) is 0 Å². The van der Waals surface area contributed by atoms with E-state index >= 15 is 0 Å². The lowest BCUT2D eigenvalue weighted by atomic mass is 10.2. The normalized spacial score (nSPS) is 17.0. The molecule has 272 valence electrons. The van der Waals surface area contributed by atoms with Crippen molar-refractivity contribution >= 4 is 23.6 Å². The maximum atomic E-state index is 14.0. The number of nitrogens with zero attached hydrogens (tertiary/aromatic N) is 6. The summed E-state index contributed by atoms with van der Waals surface area (Å²) in [5.41, 5.74) is 3.91. The van der Waals surface area contributed by atoms with Gasteiger partial charge >= 0.3 is 0 Å². The zero-order valence-corrected chi connectivity index (χ0v) is 30.3. The number of carbonyl (C=O) groups is 4. The highest BCUT2D eigenvalue weighted by Crippen LogP contribution is 2.13. The van der Waals surface area contributed by atoms with Crippen LogP contribution in [0.3, 0.4) is 0 Å². The topological polar surface area (TPSA) is 87.7 Å². The summed E-state index contributed by atoms with van der Waals surface area (Å²) < 4.78 is 0. The summed E-state index contributed by atoms with van der Waals surface area (Å²) in [7, 11) is 3.56. The first-order valence-corrected chi connectivity index (χ1v) is 17.9. The van der Waals surface area contributed by atoms with E-state index in [4.69, 9.17) is 0 Å². The van der Waals surface area contributed by atoms with Gasteiger partial charge in [0.05, 0.1) is 26.2 Å². The second-order valence-electron chi connectivity index (χ2n) is 13.5. The number of amides is 4. The van der Waals surface area contributed by atoms with Crippen LogP contribution in [-0.4, -0.2) is 119 Å². The van der Waals surface area contributed by atoms with Gasteiger partial charge in [0.15, 0.2) is 0 Å². The average molecular weight is 703 g/mol. The van der Waals surface area contributed by atoms with Crippen molar-refractivity contribution in [3.8, 4) is 0 Å². The molecule has 10 heteroatoms. The van der Waals surface area contributed by atoms with E-state index in [1.165, 1.54) is 0 Å². The fraction of sp³-hybridized carbons (Fsp3) is 0.333. The largest absolute Gasteiger partial charge is 0.335 e. The zero-order chi connectivity index (χ0) is 36.7. The summed E-state index contributed by atoms with van der Waals surface area (Å²) in [5.74, 6) is -0.505. The third-order valence-electron chi connectivity index (χ3n) is 9.18. The van der Waals surface area contributed by atoms with Crippen LogP contribution >= 0.6 is 0 Å². The van der Waals surface area contributed by atoms with Crippen molar-refractivity contribution in [3.63, 3.8) is 0 Å². The van der Waals surface area contributed by atoms with E-state index in [-0.39, 0.29) is 49.8 Å². The molecular formula is C42H50N6O4. The lowest BCUT2D eigenvalue weighted by molar-refractivity contribution is -0.141. The number of benzene rings is 4. The zero-order valence-electron chi connectivity index (χ0n) is 30.3. The van der Waals surface area contributed by atoms with Gasteiger partial charge < -0.3 is 19.6 Å². The Labute approximate surface area is 307 Å². The summed E-state index contributed by atoms with van der Waals surface area (Å²) in [6.07, 6.45) is 0. The van der Waals surface area contributed by atoms with Crippen molar-refractivity contribution in [2.75, 3.05) is 66.5 Å². The van der Waals surface area contributed by atoms with Crippen molar-refractivity contribution in [3.05, 3.63) is 144 Å². The number of rotatable bonds is 8. The van der Waals surface area contributed by atoms with Gasteiger partial charge in [-0.25, -0.2) is 0 Å². The molecule has 0 aromatic heterocycles. The van der Waals surface area contributed by atoms with Crippen LogP contribution in [0, 0.1) is 0 Å². The molecule has 52 heavy (non-hydrogen) atoms. The lowest BCUT2D eigenvalue weighted by Crippen LogP contribution is -2.49. The van der Waals surface area contributed by atoms with Crippen LogP contribution < -0.4 is 0 Å². The second kappa shape index (κ2) is 19.3. The van der Waals surface area contributed by atoms with Gasteiger partial charge in [-0.05, 0) is 36.3 Å². The minimum atomic E-state index is -0.126. The van der Waals surface area contributed by atoms with Crippen LogP contribution in [0.15, 0.2) is 121 Å². The standard InChI is InChI=1S/C42H50N6O4/c1-43-31-39(49)45(27-35-15-7-3-8-16-35)23-25-47(29-37-19-11-5-12-20-37)41(51)33-44(2)34-42(52)48(30-38-21-13-6-14-22-38)26-24-46(40(50)32-43)28-36-17-9-4-10-18-36/h3-22H,23-34H2,1-2H3. The molecule has 0 saturated carbocycles. The number of hydrogen-bond acceptors (Lipinski definition) is 6. The third-order valence-corrected chi connectivity index (χ3v) is 9.18. The summed E-state index contributed by atoms with van der Waals surface area (Å²) in [5, 5.41) is 0. The Bertz CT molecular complexity index is 1470. The first-order valence-electron chi connectivity index (χ1n) is 17.9.